The Kier molecular flexibility index (Phi) is 3.94. The second-order valence-electron chi connectivity index (χ2n) is 5.21. The fourth-order valence-electron chi connectivity index (χ4n) is 2.47. The Morgan fingerprint density at radius 3 is 2.86 bits per heavy atom. The maximum absolute atomic E-state index is 12.4. The van der Waals surface area contributed by atoms with Crippen LogP contribution in [0.1, 0.15) is 11.1 Å². The lowest BCUT2D eigenvalue weighted by molar-refractivity contribution is -0.122. The number of amides is 1. The normalized spacial score (nSPS) is 15.9. The summed E-state index contributed by atoms with van der Waals surface area (Å²) in [6.07, 6.45) is 0.0368. The number of anilines is 1. The number of ether oxygens (including phenoxy) is 2. The number of halogens is 1. The van der Waals surface area contributed by atoms with Gasteiger partial charge in [-0.05, 0) is 30.2 Å². The first-order chi connectivity index (χ1) is 10.6. The molecule has 0 bridgehead atoms. The lowest BCUT2D eigenvalue weighted by atomic mass is 10.1. The van der Waals surface area contributed by atoms with Crippen molar-refractivity contribution in [1.82, 2.24) is 0 Å². The summed E-state index contributed by atoms with van der Waals surface area (Å²) in [4.78, 5) is 12.4. The second kappa shape index (κ2) is 5.89. The van der Waals surface area contributed by atoms with Gasteiger partial charge in [-0.3, -0.25) is 4.79 Å². The van der Waals surface area contributed by atoms with Gasteiger partial charge in [-0.2, -0.15) is 0 Å². The number of methoxy groups -OCH3 is 1. The Hall–Kier alpha value is -2.20. The molecule has 0 unspecified atom stereocenters. The van der Waals surface area contributed by atoms with Crippen LogP contribution in [0.2, 0.25) is 5.02 Å². The van der Waals surface area contributed by atoms with Crippen molar-refractivity contribution in [2.24, 2.45) is 0 Å². The monoisotopic (exact) mass is 317 g/mol. The molecule has 0 aromatic heterocycles. The number of hydrogen-bond acceptors (Lipinski definition) is 3. The fraction of sp³-hybridized carbons (Fsp3) is 0.235. The maximum Gasteiger partial charge on any atom is 0.265 e. The zero-order chi connectivity index (χ0) is 15.7. The topological polar surface area (TPSA) is 47.6 Å². The molecule has 1 atom stereocenters. The van der Waals surface area contributed by atoms with Crippen LogP contribution < -0.4 is 14.8 Å². The zero-order valence-corrected chi connectivity index (χ0v) is 13.1. The number of nitrogens with one attached hydrogen (secondary N) is 1. The Morgan fingerprint density at radius 1 is 1.36 bits per heavy atom. The van der Waals surface area contributed by atoms with Crippen molar-refractivity contribution in [2.45, 2.75) is 19.4 Å². The summed E-state index contributed by atoms with van der Waals surface area (Å²) in [5.74, 6) is 1.09. The SMILES string of the molecule is COc1cc(Cl)c(C)cc1NC(=O)[C@@H]1Cc2ccccc2O1. The largest absolute Gasteiger partial charge is 0.495 e. The maximum atomic E-state index is 12.4. The van der Waals surface area contributed by atoms with E-state index in [1.54, 1.807) is 19.2 Å². The Morgan fingerprint density at radius 2 is 2.14 bits per heavy atom. The molecule has 1 aliphatic rings. The summed E-state index contributed by atoms with van der Waals surface area (Å²) < 4.78 is 11.0. The second-order valence-corrected chi connectivity index (χ2v) is 5.62. The number of carbonyl (C=O) groups is 1. The predicted molar refractivity (Wildman–Crippen MR) is 85.9 cm³/mol. The van der Waals surface area contributed by atoms with E-state index in [9.17, 15) is 4.79 Å². The van der Waals surface area contributed by atoms with E-state index in [1.165, 1.54) is 0 Å². The van der Waals surface area contributed by atoms with Crippen LogP contribution in [0.25, 0.3) is 0 Å². The quantitative estimate of drug-likeness (QED) is 0.941. The lowest BCUT2D eigenvalue weighted by Crippen LogP contribution is -2.31. The minimum Gasteiger partial charge on any atom is -0.495 e. The van der Waals surface area contributed by atoms with Crippen LogP contribution in [0.5, 0.6) is 11.5 Å². The molecule has 2 aromatic rings. The van der Waals surface area contributed by atoms with Gasteiger partial charge < -0.3 is 14.8 Å². The third-order valence-electron chi connectivity index (χ3n) is 3.68. The van der Waals surface area contributed by atoms with Crippen molar-refractivity contribution in [3.63, 3.8) is 0 Å². The fourth-order valence-corrected chi connectivity index (χ4v) is 2.63. The molecule has 2 aromatic carbocycles. The van der Waals surface area contributed by atoms with E-state index in [0.29, 0.717) is 22.9 Å². The first kappa shape index (κ1) is 14.7. The van der Waals surface area contributed by atoms with Crippen molar-refractivity contribution in [3.8, 4) is 11.5 Å². The van der Waals surface area contributed by atoms with Crippen LogP contribution in [0.4, 0.5) is 5.69 Å². The number of benzene rings is 2. The Balaban J connectivity index is 1.77. The van der Waals surface area contributed by atoms with E-state index in [2.05, 4.69) is 5.32 Å². The van der Waals surface area contributed by atoms with Gasteiger partial charge in [-0.1, -0.05) is 29.8 Å². The average molecular weight is 318 g/mol. The van der Waals surface area contributed by atoms with Gasteiger partial charge in [0.05, 0.1) is 12.8 Å². The van der Waals surface area contributed by atoms with Crippen molar-refractivity contribution >= 4 is 23.2 Å². The standard InChI is InChI=1S/C17H16ClNO3/c1-10-7-13(15(21-2)9-12(10)18)19-17(20)16-8-11-5-3-4-6-14(11)22-16/h3-7,9,16H,8H2,1-2H3,(H,19,20)/t16-/m0/s1. The highest BCUT2D eigenvalue weighted by molar-refractivity contribution is 6.31. The molecule has 0 aliphatic carbocycles. The number of hydrogen-bond donors (Lipinski definition) is 1. The first-order valence-electron chi connectivity index (χ1n) is 6.98. The summed E-state index contributed by atoms with van der Waals surface area (Å²) in [5, 5.41) is 3.46. The van der Waals surface area contributed by atoms with E-state index < -0.39 is 6.10 Å². The predicted octanol–water partition coefficient (Wildman–Crippen LogP) is 3.60. The van der Waals surface area contributed by atoms with Crippen molar-refractivity contribution in [2.75, 3.05) is 12.4 Å². The molecule has 0 spiro atoms. The highest BCUT2D eigenvalue weighted by Gasteiger charge is 2.29. The number of para-hydroxylation sites is 1. The van der Waals surface area contributed by atoms with Gasteiger partial charge in [-0.15, -0.1) is 0 Å². The van der Waals surface area contributed by atoms with Gasteiger partial charge >= 0.3 is 0 Å². The van der Waals surface area contributed by atoms with Crippen molar-refractivity contribution < 1.29 is 14.3 Å². The molecule has 4 nitrogen and oxygen atoms in total. The van der Waals surface area contributed by atoms with Crippen LogP contribution in [-0.2, 0) is 11.2 Å². The van der Waals surface area contributed by atoms with Crippen LogP contribution in [0.3, 0.4) is 0 Å². The number of carbonyl (C=O) groups excluding carboxylic acids is 1. The highest BCUT2D eigenvalue weighted by Crippen LogP contribution is 2.32. The van der Waals surface area contributed by atoms with E-state index in [0.717, 1.165) is 16.9 Å². The summed E-state index contributed by atoms with van der Waals surface area (Å²) in [7, 11) is 1.54. The number of aryl methyl sites for hydroxylation is 1. The minimum absolute atomic E-state index is 0.198. The molecule has 5 heteroatoms. The molecule has 22 heavy (non-hydrogen) atoms. The molecule has 1 N–H and O–H groups in total. The summed E-state index contributed by atoms with van der Waals surface area (Å²) in [5.41, 5.74) is 2.50. The molecule has 0 fully saturated rings. The molecule has 0 radical (unpaired) electrons. The summed E-state index contributed by atoms with van der Waals surface area (Å²) in [6, 6.07) is 11.2. The summed E-state index contributed by atoms with van der Waals surface area (Å²) >= 11 is 6.07. The number of rotatable bonds is 3. The van der Waals surface area contributed by atoms with E-state index in [-0.39, 0.29) is 5.91 Å². The highest BCUT2D eigenvalue weighted by atomic mass is 35.5. The van der Waals surface area contributed by atoms with Gasteiger partial charge in [0, 0.05) is 17.5 Å². The molecular weight excluding hydrogens is 302 g/mol. The average Bonchev–Trinajstić information content (AvgIpc) is 2.94. The van der Waals surface area contributed by atoms with Crippen LogP contribution in [-0.4, -0.2) is 19.1 Å². The molecule has 3 rings (SSSR count). The Labute approximate surface area is 134 Å². The molecule has 0 saturated carbocycles. The molecular formula is C17H16ClNO3. The van der Waals surface area contributed by atoms with E-state index in [4.69, 9.17) is 21.1 Å². The zero-order valence-electron chi connectivity index (χ0n) is 12.4. The van der Waals surface area contributed by atoms with Crippen LogP contribution in [0.15, 0.2) is 36.4 Å². The smallest absolute Gasteiger partial charge is 0.265 e. The van der Waals surface area contributed by atoms with Gasteiger partial charge in [-0.25, -0.2) is 0 Å². The third-order valence-corrected chi connectivity index (χ3v) is 4.09. The van der Waals surface area contributed by atoms with Gasteiger partial charge in [0.25, 0.3) is 5.91 Å². The molecule has 0 saturated heterocycles. The van der Waals surface area contributed by atoms with Crippen molar-refractivity contribution in [3.05, 3.63) is 52.5 Å². The third kappa shape index (κ3) is 2.74. The number of fused-ring (bicyclic) bond motifs is 1. The van der Waals surface area contributed by atoms with E-state index >= 15 is 0 Å². The van der Waals surface area contributed by atoms with Crippen LogP contribution in [0, 0.1) is 6.92 Å². The van der Waals surface area contributed by atoms with Crippen molar-refractivity contribution in [1.29, 1.82) is 0 Å². The molecule has 1 amide bonds. The molecule has 114 valence electrons. The Bertz CT molecular complexity index is 705. The molecule has 1 heterocycles. The van der Waals surface area contributed by atoms with Gasteiger partial charge in [0.15, 0.2) is 6.10 Å². The minimum atomic E-state index is -0.530. The van der Waals surface area contributed by atoms with Gasteiger partial charge in [0.2, 0.25) is 0 Å². The van der Waals surface area contributed by atoms with E-state index in [1.807, 2.05) is 31.2 Å². The lowest BCUT2D eigenvalue weighted by Gasteiger charge is -2.15. The molecule has 1 aliphatic heterocycles. The van der Waals surface area contributed by atoms with Crippen LogP contribution >= 0.6 is 11.6 Å². The van der Waals surface area contributed by atoms with Gasteiger partial charge in [0.1, 0.15) is 11.5 Å². The summed E-state index contributed by atoms with van der Waals surface area (Å²) in [6.45, 7) is 1.87. The first-order valence-corrected chi connectivity index (χ1v) is 7.36.